The van der Waals surface area contributed by atoms with Crippen LogP contribution in [0, 0.1) is 11.8 Å². The minimum absolute atomic E-state index is 0. The van der Waals surface area contributed by atoms with E-state index >= 15 is 0 Å². The second kappa shape index (κ2) is 9.82. The monoisotopic (exact) mass is 315 g/mol. The number of rotatable bonds is 2. The van der Waals surface area contributed by atoms with E-state index in [0.29, 0.717) is 0 Å². The second-order valence-electron chi connectivity index (χ2n) is 4.61. The van der Waals surface area contributed by atoms with Gasteiger partial charge in [-0.2, -0.15) is 0 Å². The average Bonchev–Trinajstić information content (AvgIpc) is 2.41. The molecule has 2 aliphatic rings. The molecule has 5 heteroatoms. The molecule has 0 amide bonds. The summed E-state index contributed by atoms with van der Waals surface area (Å²) in [6.07, 6.45) is 13.2. The van der Waals surface area contributed by atoms with Gasteiger partial charge in [0.05, 0.1) is 11.8 Å². The molecule has 0 saturated heterocycles. The predicted octanol–water partition coefficient (Wildman–Crippen LogP) is 2.85. The number of carboxylic acids is 2. The Kier molecular flexibility index (Phi) is 9.27. The molecule has 0 heterocycles. The van der Waals surface area contributed by atoms with Crippen molar-refractivity contribution in [3.05, 3.63) is 24.3 Å². The molecule has 19 heavy (non-hydrogen) atoms. The third kappa shape index (κ3) is 7.18. The van der Waals surface area contributed by atoms with E-state index < -0.39 is 11.9 Å². The molecular weight excluding hydrogens is 296 g/mol. The van der Waals surface area contributed by atoms with Gasteiger partial charge in [-0.15, -0.1) is 0 Å². The Bertz CT molecular complexity index is 315. The number of hydrogen-bond donors (Lipinski definition) is 2. The summed E-state index contributed by atoms with van der Waals surface area (Å²) in [6.45, 7) is 0. The maximum absolute atomic E-state index is 10.3. The van der Waals surface area contributed by atoms with Gasteiger partial charge in [0.1, 0.15) is 0 Å². The van der Waals surface area contributed by atoms with Crippen molar-refractivity contribution in [3.8, 4) is 0 Å². The molecule has 2 atom stereocenters. The smallest absolute Gasteiger partial charge is 0.310 e. The Morgan fingerprint density at radius 3 is 1.37 bits per heavy atom. The molecule has 0 aromatic carbocycles. The van der Waals surface area contributed by atoms with E-state index in [-0.39, 0.29) is 28.9 Å². The van der Waals surface area contributed by atoms with Gasteiger partial charge >= 0.3 is 11.9 Å². The number of aliphatic carboxylic acids is 2. The first-order valence-corrected chi connectivity index (χ1v) is 6.40. The summed E-state index contributed by atoms with van der Waals surface area (Å²) in [5, 5.41) is 17.0. The van der Waals surface area contributed by atoms with Crippen LogP contribution in [0.4, 0.5) is 0 Å². The van der Waals surface area contributed by atoms with E-state index in [1.807, 2.05) is 12.2 Å². The van der Waals surface area contributed by atoms with Gasteiger partial charge in [-0.1, -0.05) is 24.3 Å². The van der Waals surface area contributed by atoms with Gasteiger partial charge in [-0.3, -0.25) is 9.59 Å². The number of carboxylic acid groups (broad SMARTS) is 2. The summed E-state index contributed by atoms with van der Waals surface area (Å²) < 4.78 is 0. The van der Waals surface area contributed by atoms with Crippen LogP contribution < -0.4 is 0 Å². The summed E-state index contributed by atoms with van der Waals surface area (Å²) >= 11 is 0. The fourth-order valence-corrected chi connectivity index (χ4v) is 2.04. The van der Waals surface area contributed by atoms with E-state index in [2.05, 4.69) is 0 Å². The molecule has 2 rings (SSSR count). The molecule has 0 bridgehead atoms. The largest absolute Gasteiger partial charge is 0.481 e. The molecule has 0 aliphatic heterocycles. The molecule has 111 valence electrons. The Hall–Kier alpha value is -1.06. The van der Waals surface area contributed by atoms with Crippen molar-refractivity contribution in [3.63, 3.8) is 0 Å². The molecule has 0 spiro atoms. The molecule has 0 aromatic rings. The van der Waals surface area contributed by atoms with Crippen LogP contribution in [0.3, 0.4) is 0 Å². The van der Waals surface area contributed by atoms with Crippen molar-refractivity contribution in [1.29, 1.82) is 0 Å². The van der Waals surface area contributed by atoms with Gasteiger partial charge in [0.25, 0.3) is 0 Å². The number of carbonyl (C=O) groups is 2. The standard InChI is InChI=1S/2C7H10O2.Cu/c2*8-7(9)6-4-2-1-3-5-6;/h2*2,4,6H,1,3,5H2,(H,8,9);. The van der Waals surface area contributed by atoms with Gasteiger partial charge in [-0.25, -0.2) is 0 Å². The minimum Gasteiger partial charge on any atom is -0.481 e. The Labute approximate surface area is 124 Å². The zero-order valence-corrected chi connectivity index (χ0v) is 11.7. The van der Waals surface area contributed by atoms with Crippen LogP contribution in [0.2, 0.25) is 0 Å². The van der Waals surface area contributed by atoms with Crippen LogP contribution >= 0.6 is 0 Å². The van der Waals surface area contributed by atoms with Crippen LogP contribution in [-0.4, -0.2) is 22.2 Å². The van der Waals surface area contributed by atoms with E-state index in [4.69, 9.17) is 10.2 Å². The van der Waals surface area contributed by atoms with Crippen LogP contribution in [0.25, 0.3) is 0 Å². The predicted molar refractivity (Wildman–Crippen MR) is 68.2 cm³/mol. The summed E-state index contributed by atoms with van der Waals surface area (Å²) in [6, 6.07) is 0. The topological polar surface area (TPSA) is 74.6 Å². The number of allylic oxidation sites excluding steroid dienone is 2. The fraction of sp³-hybridized carbons (Fsp3) is 0.571. The normalized spacial score (nSPS) is 24.6. The number of hydrogen-bond acceptors (Lipinski definition) is 2. The van der Waals surface area contributed by atoms with Crippen LogP contribution in [-0.2, 0) is 26.7 Å². The molecule has 2 aliphatic carbocycles. The maximum Gasteiger partial charge on any atom is 0.310 e. The third-order valence-corrected chi connectivity index (χ3v) is 3.14. The molecule has 2 unspecified atom stereocenters. The van der Waals surface area contributed by atoms with Gasteiger partial charge in [0.15, 0.2) is 0 Å². The fourth-order valence-electron chi connectivity index (χ4n) is 2.04. The molecule has 1 radical (unpaired) electrons. The van der Waals surface area contributed by atoms with E-state index in [0.717, 1.165) is 38.5 Å². The first kappa shape index (κ1) is 17.9. The van der Waals surface area contributed by atoms with Crippen LogP contribution in [0.1, 0.15) is 38.5 Å². The summed E-state index contributed by atoms with van der Waals surface area (Å²) in [5.41, 5.74) is 0. The van der Waals surface area contributed by atoms with Crippen LogP contribution in [0.5, 0.6) is 0 Å². The minimum atomic E-state index is -0.689. The van der Waals surface area contributed by atoms with Crippen LogP contribution in [0.15, 0.2) is 24.3 Å². The van der Waals surface area contributed by atoms with Crippen molar-refractivity contribution in [2.24, 2.45) is 11.8 Å². The van der Waals surface area contributed by atoms with Gasteiger partial charge < -0.3 is 10.2 Å². The van der Waals surface area contributed by atoms with Crippen molar-refractivity contribution < 1.29 is 36.9 Å². The van der Waals surface area contributed by atoms with E-state index in [1.54, 1.807) is 12.2 Å². The van der Waals surface area contributed by atoms with Gasteiger partial charge in [-0.05, 0) is 38.5 Å². The second-order valence-corrected chi connectivity index (χ2v) is 4.61. The molecule has 0 aromatic heterocycles. The third-order valence-electron chi connectivity index (χ3n) is 3.14. The molecular formula is C14H20CuO4. The van der Waals surface area contributed by atoms with Crippen molar-refractivity contribution in [2.45, 2.75) is 38.5 Å². The molecule has 0 fully saturated rings. The molecule has 4 nitrogen and oxygen atoms in total. The quantitative estimate of drug-likeness (QED) is 0.607. The van der Waals surface area contributed by atoms with Gasteiger partial charge in [0, 0.05) is 17.1 Å². The molecule has 0 saturated carbocycles. The van der Waals surface area contributed by atoms with Crippen molar-refractivity contribution in [1.82, 2.24) is 0 Å². The van der Waals surface area contributed by atoms with Gasteiger partial charge in [0.2, 0.25) is 0 Å². The zero-order valence-electron chi connectivity index (χ0n) is 10.7. The first-order chi connectivity index (χ1) is 8.61. The Morgan fingerprint density at radius 1 is 0.842 bits per heavy atom. The summed E-state index contributed by atoms with van der Waals surface area (Å²) in [5.74, 6) is -1.80. The van der Waals surface area contributed by atoms with Crippen molar-refractivity contribution >= 4 is 11.9 Å². The Morgan fingerprint density at radius 2 is 1.21 bits per heavy atom. The average molecular weight is 316 g/mol. The van der Waals surface area contributed by atoms with Crippen molar-refractivity contribution in [2.75, 3.05) is 0 Å². The van der Waals surface area contributed by atoms with E-state index in [1.165, 1.54) is 0 Å². The maximum atomic E-state index is 10.3. The molecule has 2 N–H and O–H groups in total. The SMILES string of the molecule is O=C(O)C1C=CCCC1.O=C(O)C1C=CCCC1.[Cu]. The Balaban J connectivity index is 0.000000324. The zero-order chi connectivity index (χ0) is 13.4. The first-order valence-electron chi connectivity index (χ1n) is 6.40. The van der Waals surface area contributed by atoms with E-state index in [9.17, 15) is 9.59 Å². The summed E-state index contributed by atoms with van der Waals surface area (Å²) in [7, 11) is 0. The summed E-state index contributed by atoms with van der Waals surface area (Å²) in [4.78, 5) is 20.6.